The molecule has 0 saturated heterocycles. The molecule has 0 aromatic heterocycles. The average Bonchev–Trinajstić information content (AvgIpc) is 2.70. The van der Waals surface area contributed by atoms with Gasteiger partial charge in [0.15, 0.2) is 5.17 Å². The summed E-state index contributed by atoms with van der Waals surface area (Å²) < 4.78 is 0. The zero-order valence-corrected chi connectivity index (χ0v) is 16.4. The Morgan fingerprint density at radius 1 is 0.926 bits per heavy atom. The molecule has 0 spiro atoms. The number of hydrogen-bond acceptors (Lipinski definition) is 3. The highest BCUT2D eigenvalue weighted by Gasteiger charge is 2.04. The van der Waals surface area contributed by atoms with E-state index in [4.69, 9.17) is 5.73 Å². The minimum Gasteiger partial charge on any atom is -0.377 e. The Kier molecular flexibility index (Phi) is 6.44. The highest BCUT2D eigenvalue weighted by Crippen LogP contribution is 2.25. The van der Waals surface area contributed by atoms with Gasteiger partial charge in [-0.3, -0.25) is 0 Å². The van der Waals surface area contributed by atoms with Crippen molar-refractivity contribution in [1.82, 2.24) is 0 Å². The maximum Gasteiger partial charge on any atom is 0.180 e. The Balaban J connectivity index is 1.72. The Labute approximate surface area is 165 Å². The van der Waals surface area contributed by atoms with Crippen molar-refractivity contribution in [3.63, 3.8) is 0 Å². The van der Waals surface area contributed by atoms with Crippen molar-refractivity contribution in [2.24, 2.45) is 15.9 Å². The van der Waals surface area contributed by atoms with Crippen molar-refractivity contribution in [2.75, 3.05) is 0 Å². The van der Waals surface area contributed by atoms with Crippen LogP contribution in [0.4, 0.5) is 0 Å². The van der Waals surface area contributed by atoms with Crippen LogP contribution >= 0.6 is 11.8 Å². The number of hydrogen-bond donors (Lipinski definition) is 1. The van der Waals surface area contributed by atoms with E-state index in [1.54, 1.807) is 6.21 Å². The van der Waals surface area contributed by atoms with E-state index in [0.717, 1.165) is 16.9 Å². The molecule has 0 aliphatic carbocycles. The van der Waals surface area contributed by atoms with E-state index in [0.29, 0.717) is 5.17 Å². The first-order valence-corrected chi connectivity index (χ1v) is 9.82. The second kappa shape index (κ2) is 9.19. The summed E-state index contributed by atoms with van der Waals surface area (Å²) in [5.74, 6) is 0.783. The average molecular weight is 374 g/mol. The molecule has 0 radical (unpaired) electrons. The lowest BCUT2D eigenvalue weighted by Crippen LogP contribution is -2.06. The topological polar surface area (TPSA) is 50.7 Å². The van der Waals surface area contributed by atoms with E-state index < -0.39 is 0 Å². The molecule has 0 atom stereocenters. The molecule has 3 rings (SSSR count). The van der Waals surface area contributed by atoms with Crippen molar-refractivity contribution >= 4 is 23.1 Å². The lowest BCUT2D eigenvalue weighted by Gasteiger charge is -2.08. The van der Waals surface area contributed by atoms with E-state index in [2.05, 4.69) is 60.4 Å². The monoisotopic (exact) mass is 373 g/mol. The summed E-state index contributed by atoms with van der Waals surface area (Å²) in [6.45, 7) is 4.25. The molecule has 0 aliphatic rings. The third-order valence-electron chi connectivity index (χ3n) is 4.36. The molecule has 0 heterocycles. The third-order valence-corrected chi connectivity index (χ3v) is 5.22. The smallest absolute Gasteiger partial charge is 0.180 e. The van der Waals surface area contributed by atoms with Gasteiger partial charge in [-0.25, -0.2) is 0 Å². The number of nitrogens with zero attached hydrogens (tertiary/aromatic N) is 2. The minimum atomic E-state index is 0.457. The number of thioether (sulfide) groups is 1. The number of nitrogens with two attached hydrogens (primary N) is 1. The van der Waals surface area contributed by atoms with Gasteiger partial charge in [0, 0.05) is 11.3 Å². The number of benzene rings is 3. The standard InChI is InChI=1S/C23H23N3S/c1-17-12-13-20(14-18(17)2)22-11-7-6-10-21(22)15-25-26-23(24)27-16-19-8-4-3-5-9-19/h3-15H,16H2,1-2H3,(H2,24,26). The second-order valence-corrected chi connectivity index (χ2v) is 7.34. The van der Waals surface area contributed by atoms with Gasteiger partial charge in [0.05, 0.1) is 6.21 Å². The summed E-state index contributed by atoms with van der Waals surface area (Å²) >= 11 is 1.48. The molecule has 2 N–H and O–H groups in total. The van der Waals surface area contributed by atoms with E-state index in [1.165, 1.54) is 34.0 Å². The molecular weight excluding hydrogens is 350 g/mol. The minimum absolute atomic E-state index is 0.457. The highest BCUT2D eigenvalue weighted by molar-refractivity contribution is 8.13. The summed E-state index contributed by atoms with van der Waals surface area (Å²) in [6, 6.07) is 24.9. The molecule has 0 unspecified atom stereocenters. The molecule has 3 aromatic carbocycles. The van der Waals surface area contributed by atoms with Gasteiger partial charge >= 0.3 is 0 Å². The fourth-order valence-electron chi connectivity index (χ4n) is 2.69. The fourth-order valence-corrected chi connectivity index (χ4v) is 3.30. The summed E-state index contributed by atoms with van der Waals surface area (Å²) in [5, 5.41) is 8.78. The molecule has 4 heteroatoms. The molecular formula is C23H23N3S. The molecule has 27 heavy (non-hydrogen) atoms. The Morgan fingerprint density at radius 2 is 1.67 bits per heavy atom. The summed E-state index contributed by atoms with van der Waals surface area (Å²) in [7, 11) is 0. The quantitative estimate of drug-likeness (QED) is 0.362. The molecule has 0 saturated carbocycles. The molecule has 0 fully saturated rings. The van der Waals surface area contributed by atoms with Crippen LogP contribution in [0, 0.1) is 13.8 Å². The van der Waals surface area contributed by atoms with Crippen molar-refractivity contribution in [2.45, 2.75) is 19.6 Å². The summed E-state index contributed by atoms with van der Waals surface area (Å²) in [4.78, 5) is 0. The Morgan fingerprint density at radius 3 is 2.44 bits per heavy atom. The van der Waals surface area contributed by atoms with E-state index in [9.17, 15) is 0 Å². The molecule has 136 valence electrons. The predicted octanol–water partition coefficient (Wildman–Crippen LogP) is 5.55. The third kappa shape index (κ3) is 5.31. The molecule has 3 aromatic rings. The second-order valence-electron chi connectivity index (χ2n) is 6.34. The van der Waals surface area contributed by atoms with E-state index >= 15 is 0 Å². The summed E-state index contributed by atoms with van der Waals surface area (Å²) in [5.41, 5.74) is 13.1. The van der Waals surface area contributed by atoms with Gasteiger partial charge < -0.3 is 5.73 Å². The van der Waals surface area contributed by atoms with Crippen molar-refractivity contribution in [3.8, 4) is 11.1 Å². The largest absolute Gasteiger partial charge is 0.377 e. The summed E-state index contributed by atoms with van der Waals surface area (Å²) in [6.07, 6.45) is 1.76. The maximum atomic E-state index is 5.97. The van der Waals surface area contributed by atoms with E-state index in [-0.39, 0.29) is 0 Å². The van der Waals surface area contributed by atoms with Gasteiger partial charge in [0.2, 0.25) is 0 Å². The lowest BCUT2D eigenvalue weighted by molar-refractivity contribution is 1.25. The Bertz CT molecular complexity index is 962. The van der Waals surface area contributed by atoms with Crippen molar-refractivity contribution in [3.05, 3.63) is 95.1 Å². The Hall–Kier alpha value is -2.85. The first-order chi connectivity index (χ1) is 13.1. The van der Waals surface area contributed by atoms with Crippen LogP contribution in [-0.4, -0.2) is 11.4 Å². The fraction of sp³-hybridized carbons (Fsp3) is 0.130. The first-order valence-electron chi connectivity index (χ1n) is 8.83. The van der Waals surface area contributed by atoms with Crippen LogP contribution < -0.4 is 5.73 Å². The number of rotatable bonds is 5. The zero-order chi connectivity index (χ0) is 19.1. The maximum absolute atomic E-state index is 5.97. The van der Waals surface area contributed by atoms with Crippen LogP contribution in [0.2, 0.25) is 0 Å². The molecule has 0 aliphatic heterocycles. The first kappa shape index (κ1) is 18.9. The lowest BCUT2D eigenvalue weighted by atomic mass is 9.97. The van der Waals surface area contributed by atoms with Crippen LogP contribution in [0.5, 0.6) is 0 Å². The van der Waals surface area contributed by atoms with Crippen LogP contribution in [0.15, 0.2) is 83.0 Å². The van der Waals surface area contributed by atoms with Crippen molar-refractivity contribution < 1.29 is 0 Å². The van der Waals surface area contributed by atoms with Crippen LogP contribution in [-0.2, 0) is 5.75 Å². The van der Waals surface area contributed by atoms with Gasteiger partial charge in [-0.15, -0.1) is 5.10 Å². The van der Waals surface area contributed by atoms with Crippen LogP contribution in [0.1, 0.15) is 22.3 Å². The SMILES string of the molecule is Cc1ccc(-c2ccccc2C=NN=C(N)SCc2ccccc2)cc1C. The highest BCUT2D eigenvalue weighted by atomic mass is 32.2. The van der Waals surface area contributed by atoms with Crippen LogP contribution in [0.3, 0.4) is 0 Å². The number of aryl methyl sites for hydroxylation is 2. The van der Waals surface area contributed by atoms with Crippen molar-refractivity contribution in [1.29, 1.82) is 0 Å². The van der Waals surface area contributed by atoms with Crippen LogP contribution in [0.25, 0.3) is 11.1 Å². The molecule has 0 bridgehead atoms. The normalized spacial score (nSPS) is 11.9. The van der Waals surface area contributed by atoms with Gasteiger partial charge in [0.1, 0.15) is 0 Å². The van der Waals surface area contributed by atoms with Gasteiger partial charge in [0.25, 0.3) is 0 Å². The molecule has 3 nitrogen and oxygen atoms in total. The molecule has 0 amide bonds. The number of amidine groups is 1. The van der Waals surface area contributed by atoms with Gasteiger partial charge in [-0.1, -0.05) is 84.6 Å². The zero-order valence-electron chi connectivity index (χ0n) is 15.6. The van der Waals surface area contributed by atoms with E-state index in [1.807, 2.05) is 36.4 Å². The predicted molar refractivity (Wildman–Crippen MR) is 118 cm³/mol. The van der Waals surface area contributed by atoms with Gasteiger partial charge in [-0.2, -0.15) is 5.10 Å². The van der Waals surface area contributed by atoms with Gasteiger partial charge in [-0.05, 0) is 41.7 Å².